The van der Waals surface area contributed by atoms with Crippen molar-refractivity contribution < 1.29 is 23.0 Å². The molecule has 0 amide bonds. The van der Waals surface area contributed by atoms with Gasteiger partial charge in [-0.3, -0.25) is 0 Å². The molecule has 0 spiro atoms. The van der Waals surface area contributed by atoms with Gasteiger partial charge in [0, 0.05) is 13.1 Å². The van der Waals surface area contributed by atoms with Crippen LogP contribution in [-0.4, -0.2) is 43.4 Å². The third-order valence-corrected chi connectivity index (χ3v) is 8.66. The third-order valence-electron chi connectivity index (χ3n) is 6.46. The normalized spacial score (nSPS) is 18.1. The molecule has 7 heteroatoms. The van der Waals surface area contributed by atoms with Crippen molar-refractivity contribution in [3.8, 4) is 11.5 Å². The summed E-state index contributed by atoms with van der Waals surface area (Å²) in [6, 6.07) is 14.8. The Kier molecular flexibility index (Phi) is 7.53. The van der Waals surface area contributed by atoms with Crippen molar-refractivity contribution in [1.82, 2.24) is 4.31 Å². The Labute approximate surface area is 192 Å². The monoisotopic (exact) mass is 461 g/mol. The minimum Gasteiger partial charge on any atom is -0.497 e. The molecule has 3 rings (SSSR count). The summed E-state index contributed by atoms with van der Waals surface area (Å²) in [6.45, 7) is 6.35. The lowest BCUT2D eigenvalue weighted by Gasteiger charge is -2.46. The van der Waals surface area contributed by atoms with Gasteiger partial charge in [0.1, 0.15) is 11.5 Å². The van der Waals surface area contributed by atoms with E-state index in [0.29, 0.717) is 0 Å². The van der Waals surface area contributed by atoms with Gasteiger partial charge in [0.05, 0.1) is 25.6 Å². The average molecular weight is 462 g/mol. The van der Waals surface area contributed by atoms with E-state index in [1.54, 1.807) is 21.1 Å². The number of hydrogen-bond donors (Lipinski definition) is 1. The molecular weight excluding hydrogens is 426 g/mol. The highest BCUT2D eigenvalue weighted by Gasteiger charge is 2.45. The predicted molar refractivity (Wildman–Crippen MR) is 126 cm³/mol. The molecule has 1 N–H and O–H groups in total. The number of sulfonamides is 1. The van der Waals surface area contributed by atoms with Gasteiger partial charge in [-0.15, -0.1) is 0 Å². The van der Waals surface area contributed by atoms with Gasteiger partial charge in [-0.05, 0) is 66.5 Å². The third kappa shape index (κ3) is 5.63. The summed E-state index contributed by atoms with van der Waals surface area (Å²) in [6.07, 6.45) is 0.790. The first-order valence-corrected chi connectivity index (χ1v) is 12.5. The van der Waals surface area contributed by atoms with Crippen LogP contribution >= 0.6 is 0 Å². The molecule has 0 bridgehead atoms. The van der Waals surface area contributed by atoms with E-state index in [2.05, 4.69) is 13.8 Å². The zero-order valence-corrected chi connectivity index (χ0v) is 20.4. The summed E-state index contributed by atoms with van der Waals surface area (Å²) < 4.78 is 39.2. The Hall–Kier alpha value is -2.09. The molecule has 1 aliphatic carbocycles. The van der Waals surface area contributed by atoms with E-state index in [4.69, 9.17) is 9.47 Å². The molecule has 0 unspecified atom stereocenters. The quantitative estimate of drug-likeness (QED) is 0.573. The Bertz CT molecular complexity index is 928. The highest BCUT2D eigenvalue weighted by molar-refractivity contribution is 7.89. The lowest BCUT2D eigenvalue weighted by Crippen LogP contribution is -2.49. The van der Waals surface area contributed by atoms with Crippen molar-refractivity contribution in [3.05, 3.63) is 59.7 Å². The largest absolute Gasteiger partial charge is 0.497 e. The van der Waals surface area contributed by atoms with Crippen LogP contribution in [0.3, 0.4) is 0 Å². The van der Waals surface area contributed by atoms with Crippen molar-refractivity contribution in [2.45, 2.75) is 58.1 Å². The maximum absolute atomic E-state index is 13.6. The molecule has 0 saturated heterocycles. The highest BCUT2D eigenvalue weighted by atomic mass is 32.2. The number of nitrogens with zero attached hydrogens (tertiary/aromatic N) is 1. The number of methoxy groups -OCH3 is 2. The average Bonchev–Trinajstić information content (AvgIpc) is 2.76. The van der Waals surface area contributed by atoms with Gasteiger partial charge in [0.2, 0.25) is 10.0 Å². The fraction of sp³-hybridized carbons (Fsp3) is 0.520. The Morgan fingerprint density at radius 2 is 1.34 bits per heavy atom. The number of ether oxygens (including phenoxy) is 2. The van der Waals surface area contributed by atoms with Gasteiger partial charge in [0.15, 0.2) is 0 Å². The number of hydrogen-bond acceptors (Lipinski definition) is 5. The van der Waals surface area contributed by atoms with Gasteiger partial charge in [-0.2, -0.15) is 4.31 Å². The van der Waals surface area contributed by atoms with Crippen LogP contribution in [0.15, 0.2) is 48.5 Å². The molecule has 6 nitrogen and oxygen atoms in total. The van der Waals surface area contributed by atoms with Gasteiger partial charge < -0.3 is 14.6 Å². The van der Waals surface area contributed by atoms with Crippen molar-refractivity contribution in [2.75, 3.05) is 14.2 Å². The molecule has 2 aromatic rings. The number of aliphatic hydroxyl groups is 1. The second kappa shape index (κ2) is 9.81. The summed E-state index contributed by atoms with van der Waals surface area (Å²) >= 11 is 0. The molecule has 2 aromatic carbocycles. The maximum atomic E-state index is 13.6. The SMILES string of the molecule is COc1ccc(CN(Cc2ccc(OC)cc2)S(=O)(=O)[C@H](C)[C@@H](O)C2CC(C)(C)C2)cc1. The summed E-state index contributed by atoms with van der Waals surface area (Å²) in [5, 5.41) is 10.00. The number of benzene rings is 2. The van der Waals surface area contributed by atoms with Crippen LogP contribution in [0, 0.1) is 11.3 Å². The number of aliphatic hydroxyl groups excluding tert-OH is 1. The first-order valence-electron chi connectivity index (χ1n) is 11.0. The zero-order chi connectivity index (χ0) is 23.5. The Morgan fingerprint density at radius 3 is 1.69 bits per heavy atom. The van der Waals surface area contributed by atoms with E-state index >= 15 is 0 Å². The Balaban J connectivity index is 1.84. The lowest BCUT2D eigenvalue weighted by molar-refractivity contribution is -0.0136. The molecule has 1 saturated carbocycles. The van der Waals surface area contributed by atoms with Gasteiger partial charge in [-0.25, -0.2) is 8.42 Å². The fourth-order valence-electron chi connectivity index (χ4n) is 4.50. The van der Waals surface area contributed by atoms with Crippen LogP contribution in [0.25, 0.3) is 0 Å². The molecule has 1 fully saturated rings. The summed E-state index contributed by atoms with van der Waals surface area (Å²) in [7, 11) is -0.571. The molecule has 0 heterocycles. The minimum absolute atomic E-state index is 0.0126. The van der Waals surface area contributed by atoms with Crippen LogP contribution in [0.5, 0.6) is 11.5 Å². The standard InChI is InChI=1S/C25H35NO5S/c1-18(24(27)21-14-25(2,3)15-21)32(28,29)26(16-19-6-10-22(30-4)11-7-19)17-20-8-12-23(31-5)13-9-20/h6-13,18,21,24,27H,14-17H2,1-5H3/t18-,24-/m1/s1. The van der Waals surface area contributed by atoms with Crippen LogP contribution in [-0.2, 0) is 23.1 Å². The molecule has 2 atom stereocenters. The molecule has 0 radical (unpaired) electrons. The molecule has 0 aliphatic heterocycles. The first-order chi connectivity index (χ1) is 15.1. The van der Waals surface area contributed by atoms with Crippen LogP contribution in [0.2, 0.25) is 0 Å². The van der Waals surface area contributed by atoms with E-state index in [-0.39, 0.29) is 24.4 Å². The van der Waals surface area contributed by atoms with Crippen molar-refractivity contribution in [2.24, 2.45) is 11.3 Å². The highest BCUT2D eigenvalue weighted by Crippen LogP contribution is 2.47. The molecule has 0 aromatic heterocycles. The predicted octanol–water partition coefficient (Wildman–Crippen LogP) is 4.22. The van der Waals surface area contributed by atoms with Gasteiger partial charge in [0.25, 0.3) is 0 Å². The zero-order valence-electron chi connectivity index (χ0n) is 19.6. The maximum Gasteiger partial charge on any atom is 0.219 e. The van der Waals surface area contributed by atoms with Crippen molar-refractivity contribution in [1.29, 1.82) is 0 Å². The topological polar surface area (TPSA) is 76.1 Å². The second-order valence-corrected chi connectivity index (χ2v) is 11.8. The molecule has 176 valence electrons. The van der Waals surface area contributed by atoms with Crippen molar-refractivity contribution >= 4 is 10.0 Å². The number of rotatable bonds is 10. The fourth-order valence-corrected chi connectivity index (χ4v) is 6.20. The second-order valence-electron chi connectivity index (χ2n) is 9.54. The van der Waals surface area contributed by atoms with Gasteiger partial charge >= 0.3 is 0 Å². The van der Waals surface area contributed by atoms with Gasteiger partial charge in [-0.1, -0.05) is 38.1 Å². The summed E-state index contributed by atoms with van der Waals surface area (Å²) in [5.41, 5.74) is 1.88. The van der Waals surface area contributed by atoms with Crippen LogP contribution in [0.1, 0.15) is 44.7 Å². The van der Waals surface area contributed by atoms with E-state index in [9.17, 15) is 13.5 Å². The molecular formula is C25H35NO5S. The van der Waals surface area contributed by atoms with Crippen LogP contribution < -0.4 is 9.47 Å². The van der Waals surface area contributed by atoms with E-state index in [1.807, 2.05) is 48.5 Å². The molecule has 1 aliphatic rings. The van der Waals surface area contributed by atoms with Crippen molar-refractivity contribution in [3.63, 3.8) is 0 Å². The lowest BCUT2D eigenvalue weighted by atomic mass is 9.62. The van der Waals surface area contributed by atoms with E-state index < -0.39 is 21.4 Å². The first kappa shape index (κ1) is 24.6. The minimum atomic E-state index is -3.77. The summed E-state index contributed by atoms with van der Waals surface area (Å²) in [4.78, 5) is 0. The van der Waals surface area contributed by atoms with E-state index in [1.165, 1.54) is 4.31 Å². The summed E-state index contributed by atoms with van der Waals surface area (Å²) in [5.74, 6) is 1.45. The smallest absolute Gasteiger partial charge is 0.219 e. The Morgan fingerprint density at radius 1 is 0.938 bits per heavy atom. The molecule has 32 heavy (non-hydrogen) atoms. The van der Waals surface area contributed by atoms with Crippen LogP contribution in [0.4, 0.5) is 0 Å². The van der Waals surface area contributed by atoms with E-state index in [0.717, 1.165) is 35.5 Å².